The van der Waals surface area contributed by atoms with E-state index < -0.39 is 54.0 Å². The number of aliphatic carboxylic acids is 1. The molecule has 1 aromatic carbocycles. The molecular formula is C23H36N4O6S. The van der Waals surface area contributed by atoms with Gasteiger partial charge >= 0.3 is 5.97 Å². The van der Waals surface area contributed by atoms with Crippen LogP contribution in [0.15, 0.2) is 30.3 Å². The minimum atomic E-state index is -1.22. The smallest absolute Gasteiger partial charge is 0.326 e. The molecule has 1 rings (SSSR count). The Morgan fingerprint density at radius 1 is 0.941 bits per heavy atom. The number of nitrogens with two attached hydrogens (primary N) is 1. The summed E-state index contributed by atoms with van der Waals surface area (Å²) in [5.41, 5.74) is 6.43. The molecule has 34 heavy (non-hydrogen) atoms. The summed E-state index contributed by atoms with van der Waals surface area (Å²) in [6, 6.07) is 4.57. The molecule has 0 saturated carbocycles. The van der Waals surface area contributed by atoms with Gasteiger partial charge in [0.2, 0.25) is 17.7 Å². The quantitative estimate of drug-likeness (QED) is 0.207. The van der Waals surface area contributed by atoms with Crippen LogP contribution in [0.4, 0.5) is 0 Å². The summed E-state index contributed by atoms with van der Waals surface area (Å²) >= 11 is 1.46. The molecule has 5 unspecified atom stereocenters. The first-order chi connectivity index (χ1) is 16.0. The maximum atomic E-state index is 13.1. The third-order valence-corrected chi connectivity index (χ3v) is 5.85. The highest BCUT2D eigenvalue weighted by Crippen LogP contribution is 2.09. The molecule has 0 aliphatic carbocycles. The van der Waals surface area contributed by atoms with Crippen LogP contribution >= 0.6 is 11.8 Å². The van der Waals surface area contributed by atoms with E-state index in [4.69, 9.17) is 5.73 Å². The second kappa shape index (κ2) is 14.6. The lowest BCUT2D eigenvalue weighted by molar-refractivity contribution is -0.142. The number of aliphatic hydroxyl groups excluding tert-OH is 1. The van der Waals surface area contributed by atoms with Crippen molar-refractivity contribution in [2.45, 2.75) is 63.9 Å². The fourth-order valence-electron chi connectivity index (χ4n) is 3.09. The van der Waals surface area contributed by atoms with Gasteiger partial charge < -0.3 is 31.9 Å². The van der Waals surface area contributed by atoms with Crippen LogP contribution in [0.1, 0.15) is 32.8 Å². The van der Waals surface area contributed by atoms with Crippen LogP contribution in [-0.2, 0) is 25.6 Å². The van der Waals surface area contributed by atoms with Gasteiger partial charge in [-0.25, -0.2) is 4.79 Å². The summed E-state index contributed by atoms with van der Waals surface area (Å²) in [5, 5.41) is 26.7. The summed E-state index contributed by atoms with van der Waals surface area (Å²) in [4.78, 5) is 50.0. The van der Waals surface area contributed by atoms with Gasteiger partial charge in [0.05, 0.1) is 6.10 Å². The molecule has 3 amide bonds. The van der Waals surface area contributed by atoms with Gasteiger partial charge in [-0.3, -0.25) is 14.4 Å². The highest BCUT2D eigenvalue weighted by atomic mass is 32.2. The van der Waals surface area contributed by atoms with Crippen molar-refractivity contribution in [3.63, 3.8) is 0 Å². The molecule has 5 atom stereocenters. The topological polar surface area (TPSA) is 171 Å². The van der Waals surface area contributed by atoms with E-state index in [1.807, 2.05) is 12.3 Å². The summed E-state index contributed by atoms with van der Waals surface area (Å²) in [7, 11) is 0. The zero-order valence-electron chi connectivity index (χ0n) is 20.0. The molecule has 1 aromatic rings. The molecule has 0 heterocycles. The number of rotatable bonds is 14. The van der Waals surface area contributed by atoms with Gasteiger partial charge in [0.25, 0.3) is 0 Å². The second-order valence-electron chi connectivity index (χ2n) is 8.43. The van der Waals surface area contributed by atoms with E-state index in [1.54, 1.807) is 38.1 Å². The second-order valence-corrected chi connectivity index (χ2v) is 9.41. The molecule has 0 saturated heterocycles. The Morgan fingerprint density at radius 3 is 2.03 bits per heavy atom. The summed E-state index contributed by atoms with van der Waals surface area (Å²) in [6.07, 6.45) is 1.08. The van der Waals surface area contributed by atoms with E-state index in [0.717, 1.165) is 5.56 Å². The molecular weight excluding hydrogens is 460 g/mol. The van der Waals surface area contributed by atoms with Crippen LogP contribution in [0.25, 0.3) is 0 Å². The van der Waals surface area contributed by atoms with Crippen LogP contribution < -0.4 is 21.7 Å². The third-order valence-electron chi connectivity index (χ3n) is 5.21. The Kier molecular flexibility index (Phi) is 12.6. The molecule has 0 fully saturated rings. The molecule has 0 aliphatic rings. The Labute approximate surface area is 204 Å². The van der Waals surface area contributed by atoms with Crippen LogP contribution in [0.3, 0.4) is 0 Å². The van der Waals surface area contributed by atoms with Crippen molar-refractivity contribution in [1.82, 2.24) is 16.0 Å². The highest BCUT2D eigenvalue weighted by molar-refractivity contribution is 7.98. The number of hydrogen-bond donors (Lipinski definition) is 6. The van der Waals surface area contributed by atoms with Gasteiger partial charge in [-0.1, -0.05) is 44.2 Å². The first-order valence-electron chi connectivity index (χ1n) is 11.1. The van der Waals surface area contributed by atoms with Crippen molar-refractivity contribution < 1.29 is 29.4 Å². The van der Waals surface area contributed by atoms with Crippen molar-refractivity contribution in [1.29, 1.82) is 0 Å². The monoisotopic (exact) mass is 496 g/mol. The average molecular weight is 497 g/mol. The summed E-state index contributed by atoms with van der Waals surface area (Å²) in [6.45, 7) is 4.80. The fraction of sp³-hybridized carbons (Fsp3) is 0.565. The average Bonchev–Trinajstić information content (AvgIpc) is 2.78. The van der Waals surface area contributed by atoms with Crippen LogP contribution in [-0.4, -0.2) is 76.2 Å². The van der Waals surface area contributed by atoms with Crippen LogP contribution in [0.2, 0.25) is 0 Å². The van der Waals surface area contributed by atoms with Gasteiger partial charge in [0.15, 0.2) is 0 Å². The van der Waals surface area contributed by atoms with Crippen LogP contribution in [0.5, 0.6) is 0 Å². The maximum absolute atomic E-state index is 13.1. The van der Waals surface area contributed by atoms with Gasteiger partial charge in [-0.05, 0) is 36.8 Å². The SMILES string of the molecule is CSCCC(NC(=O)C(Cc1ccccc1)NC(=O)C(NC(=O)C(N)C(C)O)C(C)C)C(=O)O. The number of nitrogens with one attached hydrogen (secondary N) is 3. The van der Waals surface area contributed by atoms with Crippen molar-refractivity contribution in [2.75, 3.05) is 12.0 Å². The van der Waals surface area contributed by atoms with E-state index in [-0.39, 0.29) is 18.8 Å². The first-order valence-corrected chi connectivity index (χ1v) is 12.5. The van der Waals surface area contributed by atoms with Gasteiger partial charge in [-0.2, -0.15) is 11.8 Å². The Bertz CT molecular complexity index is 821. The number of carbonyl (C=O) groups is 4. The number of carboxylic acid groups (broad SMARTS) is 1. The number of amides is 3. The number of thioether (sulfide) groups is 1. The first kappa shape index (κ1) is 29.4. The van der Waals surface area contributed by atoms with Crippen molar-refractivity contribution in [3.05, 3.63) is 35.9 Å². The predicted octanol–water partition coefficient (Wildman–Crippen LogP) is -0.115. The third kappa shape index (κ3) is 9.70. The zero-order chi connectivity index (χ0) is 25.8. The number of carbonyl (C=O) groups excluding carboxylic acids is 3. The summed E-state index contributed by atoms with van der Waals surface area (Å²) < 4.78 is 0. The molecule has 0 bridgehead atoms. The molecule has 0 radical (unpaired) electrons. The molecule has 10 nitrogen and oxygen atoms in total. The number of hydrogen-bond acceptors (Lipinski definition) is 7. The van der Waals surface area contributed by atoms with Crippen molar-refractivity contribution in [2.24, 2.45) is 11.7 Å². The number of benzene rings is 1. The lowest BCUT2D eigenvalue weighted by Gasteiger charge is -2.27. The predicted molar refractivity (Wildman–Crippen MR) is 131 cm³/mol. The lowest BCUT2D eigenvalue weighted by Crippen LogP contribution is -2.59. The number of aliphatic hydroxyl groups is 1. The van der Waals surface area contributed by atoms with E-state index >= 15 is 0 Å². The Balaban J connectivity index is 3.08. The Morgan fingerprint density at radius 2 is 1.53 bits per heavy atom. The molecule has 7 N–H and O–H groups in total. The Hall–Kier alpha value is -2.63. The van der Waals surface area contributed by atoms with Gasteiger partial charge in [0.1, 0.15) is 24.2 Å². The molecule has 0 aliphatic heterocycles. The van der Waals surface area contributed by atoms with E-state index in [2.05, 4.69) is 16.0 Å². The molecule has 0 spiro atoms. The van der Waals surface area contributed by atoms with Crippen molar-refractivity contribution >= 4 is 35.5 Å². The zero-order valence-corrected chi connectivity index (χ0v) is 20.8. The lowest BCUT2D eigenvalue weighted by atomic mass is 10.00. The summed E-state index contributed by atoms with van der Waals surface area (Å²) in [5.74, 6) is -2.92. The largest absolute Gasteiger partial charge is 0.480 e. The van der Waals surface area contributed by atoms with Crippen molar-refractivity contribution in [3.8, 4) is 0 Å². The minimum Gasteiger partial charge on any atom is -0.480 e. The van der Waals surface area contributed by atoms with E-state index in [9.17, 15) is 29.4 Å². The number of carboxylic acids is 1. The fourth-order valence-corrected chi connectivity index (χ4v) is 3.56. The molecule has 0 aromatic heterocycles. The van der Waals surface area contributed by atoms with Gasteiger partial charge in [-0.15, -0.1) is 0 Å². The van der Waals surface area contributed by atoms with Gasteiger partial charge in [0, 0.05) is 6.42 Å². The van der Waals surface area contributed by atoms with Crippen LogP contribution in [0, 0.1) is 5.92 Å². The molecule has 190 valence electrons. The maximum Gasteiger partial charge on any atom is 0.326 e. The normalized spacial score (nSPS) is 15.5. The van der Waals surface area contributed by atoms with E-state index in [0.29, 0.717) is 5.75 Å². The minimum absolute atomic E-state index is 0.124. The van der Waals surface area contributed by atoms with E-state index in [1.165, 1.54) is 18.7 Å². The standard InChI is InChI=1S/C23H36N4O6S/c1-13(2)19(27-21(30)18(24)14(3)28)22(31)26-17(12-15-8-6-5-7-9-15)20(29)25-16(23(32)33)10-11-34-4/h5-9,13-14,16-19,28H,10-12,24H2,1-4H3,(H,25,29)(H,26,31)(H,27,30)(H,32,33). The molecule has 11 heteroatoms. The highest BCUT2D eigenvalue weighted by Gasteiger charge is 2.32.